The van der Waals surface area contributed by atoms with E-state index in [1.165, 1.54) is 0 Å². The third kappa shape index (κ3) is 5.20. The van der Waals surface area contributed by atoms with Gasteiger partial charge in [0.1, 0.15) is 0 Å². The maximum atomic E-state index is 12.3. The summed E-state index contributed by atoms with van der Waals surface area (Å²) in [7, 11) is 4.06. The van der Waals surface area contributed by atoms with E-state index in [1.807, 2.05) is 56.6 Å². The van der Waals surface area contributed by atoms with Gasteiger partial charge in [0.05, 0.1) is 0 Å². The zero-order chi connectivity index (χ0) is 16.7. The topological polar surface area (TPSA) is 58.4 Å². The van der Waals surface area contributed by atoms with Crippen LogP contribution in [0.15, 0.2) is 48.5 Å². The van der Waals surface area contributed by atoms with E-state index in [0.717, 1.165) is 29.7 Å². The van der Waals surface area contributed by atoms with Gasteiger partial charge >= 0.3 is 0 Å². The van der Waals surface area contributed by atoms with Crippen LogP contribution in [-0.2, 0) is 6.54 Å². The molecule has 122 valence electrons. The van der Waals surface area contributed by atoms with Crippen molar-refractivity contribution in [3.8, 4) is 11.1 Å². The van der Waals surface area contributed by atoms with E-state index in [-0.39, 0.29) is 5.91 Å². The Kier molecular flexibility index (Phi) is 6.32. The molecule has 0 fully saturated rings. The molecule has 0 bridgehead atoms. The molecule has 1 amide bonds. The molecule has 2 rings (SSSR count). The average molecular weight is 311 g/mol. The molecule has 0 saturated carbocycles. The minimum absolute atomic E-state index is 0.0272. The van der Waals surface area contributed by atoms with Crippen molar-refractivity contribution in [3.63, 3.8) is 0 Å². The molecule has 0 aromatic heterocycles. The van der Waals surface area contributed by atoms with Gasteiger partial charge in [0, 0.05) is 18.7 Å². The Bertz CT molecular complexity index is 653. The minimum atomic E-state index is -0.0272. The Hall–Kier alpha value is -2.17. The summed E-state index contributed by atoms with van der Waals surface area (Å²) in [4.78, 5) is 14.4. The van der Waals surface area contributed by atoms with Crippen molar-refractivity contribution in [1.82, 2.24) is 10.2 Å². The molecule has 0 unspecified atom stereocenters. The van der Waals surface area contributed by atoms with Gasteiger partial charge in [0.25, 0.3) is 5.91 Å². The molecular formula is C19H25N3O. The number of amides is 1. The largest absolute Gasteiger partial charge is 0.352 e. The van der Waals surface area contributed by atoms with Crippen LogP contribution in [0.3, 0.4) is 0 Å². The van der Waals surface area contributed by atoms with Crippen LogP contribution in [0.5, 0.6) is 0 Å². The van der Waals surface area contributed by atoms with E-state index in [0.29, 0.717) is 18.7 Å². The second kappa shape index (κ2) is 8.46. The van der Waals surface area contributed by atoms with Crippen LogP contribution in [-0.4, -0.2) is 38.0 Å². The molecule has 4 nitrogen and oxygen atoms in total. The molecule has 0 spiro atoms. The number of nitrogens with one attached hydrogen (secondary N) is 1. The number of rotatable bonds is 7. The lowest BCUT2D eigenvalue weighted by Crippen LogP contribution is -2.27. The zero-order valence-corrected chi connectivity index (χ0v) is 13.9. The van der Waals surface area contributed by atoms with Gasteiger partial charge in [-0.2, -0.15) is 0 Å². The maximum absolute atomic E-state index is 12.3. The first kappa shape index (κ1) is 17.2. The molecule has 0 aliphatic rings. The molecule has 3 N–H and O–H groups in total. The predicted molar refractivity (Wildman–Crippen MR) is 95.3 cm³/mol. The van der Waals surface area contributed by atoms with Crippen molar-refractivity contribution < 1.29 is 4.79 Å². The molecule has 0 atom stereocenters. The normalized spacial score (nSPS) is 10.8. The van der Waals surface area contributed by atoms with Crippen molar-refractivity contribution in [2.75, 3.05) is 27.2 Å². The molecule has 0 aliphatic carbocycles. The highest BCUT2D eigenvalue weighted by Gasteiger charge is 2.07. The first-order chi connectivity index (χ1) is 11.1. The minimum Gasteiger partial charge on any atom is -0.352 e. The molecule has 2 aromatic rings. The Morgan fingerprint density at radius 2 is 1.78 bits per heavy atom. The number of carbonyl (C=O) groups excluding carboxylic acids is 1. The summed E-state index contributed by atoms with van der Waals surface area (Å²) in [6.07, 6.45) is 0.941. The first-order valence-corrected chi connectivity index (χ1v) is 7.92. The van der Waals surface area contributed by atoms with Crippen LogP contribution in [0, 0.1) is 0 Å². The Morgan fingerprint density at radius 1 is 1.09 bits per heavy atom. The van der Waals surface area contributed by atoms with Crippen LogP contribution in [0.4, 0.5) is 0 Å². The lowest BCUT2D eigenvalue weighted by atomic mass is 10.0. The van der Waals surface area contributed by atoms with Gasteiger partial charge in [-0.05, 0) is 62.0 Å². The van der Waals surface area contributed by atoms with Crippen molar-refractivity contribution in [2.45, 2.75) is 13.0 Å². The van der Waals surface area contributed by atoms with E-state index in [9.17, 15) is 4.79 Å². The van der Waals surface area contributed by atoms with E-state index in [1.54, 1.807) is 0 Å². The zero-order valence-electron chi connectivity index (χ0n) is 13.9. The summed E-state index contributed by atoms with van der Waals surface area (Å²) in [6, 6.07) is 15.8. The van der Waals surface area contributed by atoms with Crippen LogP contribution < -0.4 is 11.1 Å². The lowest BCUT2D eigenvalue weighted by Gasteiger charge is -2.10. The van der Waals surface area contributed by atoms with Gasteiger partial charge in [-0.15, -0.1) is 0 Å². The number of nitrogens with zero attached hydrogens (tertiary/aromatic N) is 1. The number of hydrogen-bond donors (Lipinski definition) is 2. The number of nitrogens with two attached hydrogens (primary N) is 1. The van der Waals surface area contributed by atoms with Gasteiger partial charge in [-0.3, -0.25) is 4.79 Å². The summed E-state index contributed by atoms with van der Waals surface area (Å²) < 4.78 is 0. The van der Waals surface area contributed by atoms with E-state index in [4.69, 9.17) is 5.73 Å². The van der Waals surface area contributed by atoms with E-state index >= 15 is 0 Å². The van der Waals surface area contributed by atoms with Crippen LogP contribution in [0.25, 0.3) is 11.1 Å². The van der Waals surface area contributed by atoms with Crippen LogP contribution >= 0.6 is 0 Å². The molecule has 2 aromatic carbocycles. The van der Waals surface area contributed by atoms with Gasteiger partial charge in [0.2, 0.25) is 0 Å². The van der Waals surface area contributed by atoms with Crippen LogP contribution in [0.1, 0.15) is 22.3 Å². The molecule has 0 aliphatic heterocycles. The Morgan fingerprint density at radius 3 is 2.48 bits per heavy atom. The third-order valence-corrected chi connectivity index (χ3v) is 3.69. The summed E-state index contributed by atoms with van der Waals surface area (Å²) in [5.74, 6) is -0.0272. The maximum Gasteiger partial charge on any atom is 0.251 e. The first-order valence-electron chi connectivity index (χ1n) is 7.92. The van der Waals surface area contributed by atoms with E-state index in [2.05, 4.69) is 16.3 Å². The summed E-state index contributed by atoms with van der Waals surface area (Å²) in [6.45, 7) is 2.16. The second-order valence-corrected chi connectivity index (χ2v) is 5.90. The van der Waals surface area contributed by atoms with Crippen molar-refractivity contribution in [3.05, 3.63) is 59.7 Å². The molecule has 23 heavy (non-hydrogen) atoms. The van der Waals surface area contributed by atoms with Gasteiger partial charge in [-0.1, -0.05) is 30.3 Å². The van der Waals surface area contributed by atoms with Gasteiger partial charge in [0.15, 0.2) is 0 Å². The standard InChI is InChI=1S/C19H25N3O/c1-22(2)11-5-10-21-19(23)18-9-4-8-17(13-18)16-7-3-6-15(12-16)14-20/h3-4,6-9,12-13H,5,10-11,14,20H2,1-2H3,(H,21,23). The molecular weight excluding hydrogens is 286 g/mol. The van der Waals surface area contributed by atoms with E-state index < -0.39 is 0 Å². The summed E-state index contributed by atoms with van der Waals surface area (Å²) in [5.41, 5.74) is 9.57. The number of carbonyl (C=O) groups is 1. The number of benzene rings is 2. The molecule has 0 heterocycles. The van der Waals surface area contributed by atoms with Crippen molar-refractivity contribution in [2.24, 2.45) is 5.73 Å². The SMILES string of the molecule is CN(C)CCCNC(=O)c1cccc(-c2cccc(CN)c2)c1. The Labute approximate surface area is 138 Å². The predicted octanol–water partition coefficient (Wildman–Crippen LogP) is 2.49. The quantitative estimate of drug-likeness (QED) is 0.772. The number of hydrogen-bond acceptors (Lipinski definition) is 3. The molecule has 0 radical (unpaired) electrons. The van der Waals surface area contributed by atoms with Gasteiger partial charge < -0.3 is 16.0 Å². The second-order valence-electron chi connectivity index (χ2n) is 5.90. The summed E-state index contributed by atoms with van der Waals surface area (Å²) in [5, 5.41) is 2.97. The van der Waals surface area contributed by atoms with Gasteiger partial charge in [-0.25, -0.2) is 0 Å². The Balaban J connectivity index is 2.05. The smallest absolute Gasteiger partial charge is 0.251 e. The molecule has 0 saturated heterocycles. The highest BCUT2D eigenvalue weighted by Crippen LogP contribution is 2.21. The average Bonchev–Trinajstić information content (AvgIpc) is 2.58. The van der Waals surface area contributed by atoms with Crippen molar-refractivity contribution in [1.29, 1.82) is 0 Å². The monoisotopic (exact) mass is 311 g/mol. The lowest BCUT2D eigenvalue weighted by molar-refractivity contribution is 0.0952. The highest BCUT2D eigenvalue weighted by atomic mass is 16.1. The fourth-order valence-corrected chi connectivity index (χ4v) is 2.42. The highest BCUT2D eigenvalue weighted by molar-refractivity contribution is 5.95. The van der Waals surface area contributed by atoms with Crippen LogP contribution in [0.2, 0.25) is 0 Å². The fourth-order valence-electron chi connectivity index (χ4n) is 2.42. The molecule has 4 heteroatoms. The third-order valence-electron chi connectivity index (χ3n) is 3.69. The van der Waals surface area contributed by atoms with Crippen molar-refractivity contribution >= 4 is 5.91 Å². The summed E-state index contributed by atoms with van der Waals surface area (Å²) >= 11 is 0. The fraction of sp³-hybridized carbons (Fsp3) is 0.316.